The van der Waals surface area contributed by atoms with E-state index in [1.165, 1.54) is 11.3 Å². The average molecular weight is 408 g/mol. The van der Waals surface area contributed by atoms with Crippen molar-refractivity contribution in [2.75, 3.05) is 14.2 Å². The molecule has 3 heterocycles. The van der Waals surface area contributed by atoms with Crippen LogP contribution in [0.3, 0.4) is 0 Å². The molecule has 0 saturated heterocycles. The molecular formula is C21H17N3O2S2. The summed E-state index contributed by atoms with van der Waals surface area (Å²) in [5.41, 5.74) is 2.09. The van der Waals surface area contributed by atoms with Crippen LogP contribution in [-0.2, 0) is 6.54 Å². The van der Waals surface area contributed by atoms with Crippen LogP contribution in [-0.4, -0.2) is 34.3 Å². The summed E-state index contributed by atoms with van der Waals surface area (Å²) in [6.45, 7) is 0.553. The van der Waals surface area contributed by atoms with Gasteiger partial charge in [0.05, 0.1) is 17.5 Å². The van der Waals surface area contributed by atoms with E-state index in [-0.39, 0.29) is 5.91 Å². The number of aromatic nitrogens is 2. The van der Waals surface area contributed by atoms with Crippen molar-refractivity contribution in [3.05, 3.63) is 64.5 Å². The minimum Gasteiger partial charge on any atom is -0.497 e. The second-order valence-electron chi connectivity index (χ2n) is 6.68. The molecule has 0 aliphatic carbocycles. The standard InChI is InChI=1S/C21H17N3O2S2/c1-23(12-13-3-4-15-10-16(26-2)6-5-14(15)9-13)20(25)18-11-17-19(28-18)22-21-24(17)7-8-27-21/h3-11H,12H2,1-2H3. The van der Waals surface area contributed by atoms with Gasteiger partial charge in [-0.15, -0.1) is 22.7 Å². The summed E-state index contributed by atoms with van der Waals surface area (Å²) >= 11 is 3.05. The Kier molecular flexibility index (Phi) is 4.07. The molecule has 0 radical (unpaired) electrons. The molecule has 0 aliphatic rings. The normalized spacial score (nSPS) is 11.5. The fraction of sp³-hybridized carbons (Fsp3) is 0.143. The third kappa shape index (κ3) is 2.83. The van der Waals surface area contributed by atoms with Crippen molar-refractivity contribution >= 4 is 54.7 Å². The lowest BCUT2D eigenvalue weighted by atomic mass is 10.1. The van der Waals surface area contributed by atoms with Crippen LogP contribution in [0.25, 0.3) is 26.1 Å². The molecule has 0 fully saturated rings. The van der Waals surface area contributed by atoms with Crippen LogP contribution in [0, 0.1) is 0 Å². The van der Waals surface area contributed by atoms with Crippen molar-refractivity contribution in [3.63, 3.8) is 0 Å². The Balaban J connectivity index is 1.39. The van der Waals surface area contributed by atoms with Gasteiger partial charge in [0.15, 0.2) is 4.96 Å². The molecular weight excluding hydrogens is 390 g/mol. The third-order valence-corrected chi connectivity index (χ3v) is 6.59. The smallest absolute Gasteiger partial charge is 0.264 e. The maximum Gasteiger partial charge on any atom is 0.264 e. The molecule has 5 nitrogen and oxygen atoms in total. The van der Waals surface area contributed by atoms with Gasteiger partial charge >= 0.3 is 0 Å². The van der Waals surface area contributed by atoms with Crippen LogP contribution in [0.1, 0.15) is 15.2 Å². The van der Waals surface area contributed by atoms with E-state index in [0.29, 0.717) is 11.4 Å². The van der Waals surface area contributed by atoms with Gasteiger partial charge in [0.2, 0.25) is 0 Å². The van der Waals surface area contributed by atoms with Crippen LogP contribution in [0.5, 0.6) is 5.75 Å². The van der Waals surface area contributed by atoms with Gasteiger partial charge in [-0.05, 0) is 40.6 Å². The zero-order chi connectivity index (χ0) is 19.3. The summed E-state index contributed by atoms with van der Waals surface area (Å²) in [6.07, 6.45) is 1.99. The zero-order valence-corrected chi connectivity index (χ0v) is 17.0. The first-order valence-electron chi connectivity index (χ1n) is 8.79. The van der Waals surface area contributed by atoms with E-state index in [1.807, 2.05) is 47.3 Å². The highest BCUT2D eigenvalue weighted by Crippen LogP contribution is 2.29. The first-order chi connectivity index (χ1) is 13.6. The molecule has 0 saturated carbocycles. The van der Waals surface area contributed by atoms with Crippen molar-refractivity contribution < 1.29 is 9.53 Å². The molecule has 0 unspecified atom stereocenters. The predicted octanol–water partition coefficient (Wildman–Crippen LogP) is 5.04. The molecule has 5 aromatic rings. The number of ether oxygens (including phenoxy) is 1. The lowest BCUT2D eigenvalue weighted by Crippen LogP contribution is -2.25. The third-order valence-electron chi connectivity index (χ3n) is 4.83. The number of thiophene rings is 1. The van der Waals surface area contributed by atoms with Gasteiger partial charge in [0.25, 0.3) is 5.91 Å². The van der Waals surface area contributed by atoms with Crippen LogP contribution < -0.4 is 4.74 Å². The van der Waals surface area contributed by atoms with Gasteiger partial charge in [0.1, 0.15) is 10.6 Å². The number of hydrogen-bond donors (Lipinski definition) is 0. The Morgan fingerprint density at radius 2 is 2.00 bits per heavy atom. The highest BCUT2D eigenvalue weighted by molar-refractivity contribution is 7.21. The minimum absolute atomic E-state index is 0.0156. The Bertz CT molecular complexity index is 1330. The van der Waals surface area contributed by atoms with E-state index in [2.05, 4.69) is 23.2 Å². The van der Waals surface area contributed by atoms with Crippen molar-refractivity contribution in [2.45, 2.75) is 6.54 Å². The SMILES string of the molecule is COc1ccc2cc(CN(C)C(=O)c3cc4c(nc5sccn54)s3)ccc2c1. The Hall–Kier alpha value is -2.90. The molecule has 3 aromatic heterocycles. The molecule has 140 valence electrons. The Morgan fingerprint density at radius 3 is 2.86 bits per heavy atom. The zero-order valence-electron chi connectivity index (χ0n) is 15.4. The number of nitrogens with zero attached hydrogens (tertiary/aromatic N) is 3. The summed E-state index contributed by atoms with van der Waals surface area (Å²) < 4.78 is 7.31. The predicted molar refractivity (Wildman–Crippen MR) is 115 cm³/mol. The number of fused-ring (bicyclic) bond motifs is 4. The first-order valence-corrected chi connectivity index (χ1v) is 10.5. The molecule has 28 heavy (non-hydrogen) atoms. The second kappa shape index (κ2) is 6.61. The Morgan fingerprint density at radius 1 is 1.18 bits per heavy atom. The van der Waals surface area contributed by atoms with E-state index in [9.17, 15) is 4.79 Å². The van der Waals surface area contributed by atoms with Crippen molar-refractivity contribution in [3.8, 4) is 5.75 Å². The number of imidazole rings is 1. The molecule has 1 amide bonds. The van der Waals surface area contributed by atoms with E-state index < -0.39 is 0 Å². The van der Waals surface area contributed by atoms with E-state index in [4.69, 9.17) is 4.74 Å². The molecule has 0 aliphatic heterocycles. The first kappa shape index (κ1) is 17.2. The molecule has 7 heteroatoms. The van der Waals surface area contributed by atoms with Crippen molar-refractivity contribution in [2.24, 2.45) is 0 Å². The van der Waals surface area contributed by atoms with Gasteiger partial charge in [-0.3, -0.25) is 9.20 Å². The summed E-state index contributed by atoms with van der Waals surface area (Å²) in [7, 11) is 3.51. The van der Waals surface area contributed by atoms with E-state index in [1.54, 1.807) is 23.3 Å². The van der Waals surface area contributed by atoms with Gasteiger partial charge in [-0.1, -0.05) is 18.2 Å². The van der Waals surface area contributed by atoms with Crippen molar-refractivity contribution in [1.29, 1.82) is 0 Å². The maximum atomic E-state index is 12.9. The minimum atomic E-state index is 0.0156. The largest absolute Gasteiger partial charge is 0.497 e. The second-order valence-corrected chi connectivity index (χ2v) is 8.58. The number of methoxy groups -OCH3 is 1. The Labute approximate surface area is 169 Å². The van der Waals surface area contributed by atoms with Gasteiger partial charge < -0.3 is 9.64 Å². The maximum absolute atomic E-state index is 12.9. The molecule has 0 atom stereocenters. The van der Waals surface area contributed by atoms with Gasteiger partial charge in [0, 0.05) is 25.2 Å². The average Bonchev–Trinajstić information content (AvgIpc) is 3.39. The summed E-state index contributed by atoms with van der Waals surface area (Å²) in [5.74, 6) is 0.858. The molecule has 5 rings (SSSR count). The van der Waals surface area contributed by atoms with E-state index in [0.717, 1.165) is 37.4 Å². The number of carbonyl (C=O) groups excluding carboxylic acids is 1. The number of benzene rings is 2. The quantitative estimate of drug-likeness (QED) is 0.419. The lowest BCUT2D eigenvalue weighted by molar-refractivity contribution is 0.0790. The number of hydrogen-bond acceptors (Lipinski definition) is 5. The summed E-state index contributed by atoms with van der Waals surface area (Å²) in [5, 5.41) is 4.26. The number of carbonyl (C=O) groups is 1. The number of rotatable bonds is 4. The topological polar surface area (TPSA) is 46.8 Å². The van der Waals surface area contributed by atoms with Crippen LogP contribution in [0.4, 0.5) is 0 Å². The molecule has 0 N–H and O–H groups in total. The summed E-state index contributed by atoms with van der Waals surface area (Å²) in [6, 6.07) is 14.2. The highest BCUT2D eigenvalue weighted by Gasteiger charge is 2.18. The van der Waals surface area contributed by atoms with E-state index >= 15 is 0 Å². The number of amides is 1. The fourth-order valence-electron chi connectivity index (χ4n) is 3.39. The highest BCUT2D eigenvalue weighted by atomic mass is 32.1. The van der Waals surface area contributed by atoms with Gasteiger partial charge in [-0.2, -0.15) is 0 Å². The molecule has 2 aromatic carbocycles. The van der Waals surface area contributed by atoms with Crippen molar-refractivity contribution in [1.82, 2.24) is 14.3 Å². The fourth-order valence-corrected chi connectivity index (χ4v) is 5.18. The molecule has 0 bridgehead atoms. The number of thiazole rings is 1. The van der Waals surface area contributed by atoms with Crippen LogP contribution in [0.2, 0.25) is 0 Å². The molecule has 0 spiro atoms. The van der Waals surface area contributed by atoms with Crippen LogP contribution in [0.15, 0.2) is 54.0 Å². The summed E-state index contributed by atoms with van der Waals surface area (Å²) in [4.78, 5) is 21.8. The monoisotopic (exact) mass is 407 g/mol. The lowest BCUT2D eigenvalue weighted by Gasteiger charge is -2.16. The van der Waals surface area contributed by atoms with Gasteiger partial charge in [-0.25, -0.2) is 4.98 Å². The van der Waals surface area contributed by atoms with Crippen LogP contribution >= 0.6 is 22.7 Å².